The van der Waals surface area contributed by atoms with Gasteiger partial charge in [-0.2, -0.15) is 11.8 Å². The van der Waals surface area contributed by atoms with Crippen molar-refractivity contribution < 1.29 is 5.11 Å². The molecule has 1 aromatic carbocycles. The molecule has 13 heavy (non-hydrogen) atoms. The first kappa shape index (κ1) is 10.6. The van der Waals surface area contributed by atoms with Crippen LogP contribution in [0.4, 0.5) is 0 Å². The SMILES string of the molecule is Cc1cccc(CSCC(C)O)c1. The second kappa shape index (κ2) is 5.30. The zero-order chi connectivity index (χ0) is 9.68. The number of hydrogen-bond acceptors (Lipinski definition) is 2. The van der Waals surface area contributed by atoms with E-state index in [2.05, 4.69) is 31.2 Å². The summed E-state index contributed by atoms with van der Waals surface area (Å²) in [6, 6.07) is 8.49. The number of thioether (sulfide) groups is 1. The van der Waals surface area contributed by atoms with Crippen LogP contribution in [-0.4, -0.2) is 17.0 Å². The van der Waals surface area contributed by atoms with Gasteiger partial charge in [-0.25, -0.2) is 0 Å². The predicted molar refractivity (Wildman–Crippen MR) is 59.0 cm³/mol. The number of aliphatic hydroxyl groups is 1. The highest BCUT2D eigenvalue weighted by Crippen LogP contribution is 2.14. The van der Waals surface area contributed by atoms with E-state index < -0.39 is 0 Å². The second-order valence-electron chi connectivity index (χ2n) is 3.35. The molecule has 1 nitrogen and oxygen atoms in total. The van der Waals surface area contributed by atoms with Gasteiger partial charge in [-0.3, -0.25) is 0 Å². The lowest BCUT2D eigenvalue weighted by molar-refractivity contribution is 0.220. The average molecular weight is 196 g/mol. The summed E-state index contributed by atoms with van der Waals surface area (Å²) in [5.74, 6) is 1.81. The molecule has 1 rings (SSSR count). The minimum Gasteiger partial charge on any atom is -0.393 e. The summed E-state index contributed by atoms with van der Waals surface area (Å²) in [5, 5.41) is 9.06. The maximum atomic E-state index is 9.06. The summed E-state index contributed by atoms with van der Waals surface area (Å²) in [4.78, 5) is 0. The first-order valence-electron chi connectivity index (χ1n) is 4.50. The van der Waals surface area contributed by atoms with Gasteiger partial charge in [0.1, 0.15) is 0 Å². The van der Waals surface area contributed by atoms with Gasteiger partial charge in [0.15, 0.2) is 0 Å². The van der Waals surface area contributed by atoms with Crippen LogP contribution >= 0.6 is 11.8 Å². The van der Waals surface area contributed by atoms with Crippen molar-refractivity contribution in [2.24, 2.45) is 0 Å². The lowest BCUT2D eigenvalue weighted by atomic mass is 10.2. The predicted octanol–water partition coefficient (Wildman–Crippen LogP) is 2.61. The molecule has 1 atom stereocenters. The lowest BCUT2D eigenvalue weighted by Gasteiger charge is -2.04. The number of rotatable bonds is 4. The number of benzene rings is 1. The molecule has 0 saturated carbocycles. The second-order valence-corrected chi connectivity index (χ2v) is 4.38. The molecule has 0 amide bonds. The molecule has 0 saturated heterocycles. The van der Waals surface area contributed by atoms with E-state index in [-0.39, 0.29) is 6.10 Å². The Morgan fingerprint density at radius 1 is 1.46 bits per heavy atom. The monoisotopic (exact) mass is 196 g/mol. The summed E-state index contributed by atoms with van der Waals surface area (Å²) in [6.45, 7) is 3.92. The van der Waals surface area contributed by atoms with Crippen LogP contribution < -0.4 is 0 Å². The van der Waals surface area contributed by atoms with E-state index in [0.29, 0.717) is 0 Å². The van der Waals surface area contributed by atoms with Gasteiger partial charge in [0.2, 0.25) is 0 Å². The summed E-state index contributed by atoms with van der Waals surface area (Å²) < 4.78 is 0. The molecule has 0 aliphatic rings. The maximum Gasteiger partial charge on any atom is 0.0602 e. The highest BCUT2D eigenvalue weighted by molar-refractivity contribution is 7.98. The first-order chi connectivity index (χ1) is 6.18. The van der Waals surface area contributed by atoms with Crippen molar-refractivity contribution in [1.29, 1.82) is 0 Å². The molecule has 0 aliphatic heterocycles. The van der Waals surface area contributed by atoms with E-state index in [1.54, 1.807) is 11.8 Å². The molecular weight excluding hydrogens is 180 g/mol. The Morgan fingerprint density at radius 3 is 2.85 bits per heavy atom. The van der Waals surface area contributed by atoms with Crippen molar-refractivity contribution >= 4 is 11.8 Å². The molecule has 0 heterocycles. The molecule has 1 aromatic rings. The van der Waals surface area contributed by atoms with Crippen LogP contribution in [0.15, 0.2) is 24.3 Å². The van der Waals surface area contributed by atoms with Crippen molar-refractivity contribution in [1.82, 2.24) is 0 Å². The molecule has 1 N–H and O–H groups in total. The lowest BCUT2D eigenvalue weighted by Crippen LogP contribution is -2.02. The van der Waals surface area contributed by atoms with Crippen LogP contribution in [0.25, 0.3) is 0 Å². The Labute approximate surface area is 84.2 Å². The molecule has 0 spiro atoms. The van der Waals surface area contributed by atoms with E-state index >= 15 is 0 Å². The number of aryl methyl sites for hydroxylation is 1. The van der Waals surface area contributed by atoms with Crippen LogP contribution in [0.3, 0.4) is 0 Å². The molecule has 0 bridgehead atoms. The Bertz CT molecular complexity index is 258. The smallest absolute Gasteiger partial charge is 0.0602 e. The number of aliphatic hydroxyl groups excluding tert-OH is 1. The summed E-state index contributed by atoms with van der Waals surface area (Å²) >= 11 is 1.77. The van der Waals surface area contributed by atoms with E-state index in [4.69, 9.17) is 5.11 Å². The summed E-state index contributed by atoms with van der Waals surface area (Å²) in [5.41, 5.74) is 2.64. The Morgan fingerprint density at radius 2 is 2.23 bits per heavy atom. The first-order valence-corrected chi connectivity index (χ1v) is 5.65. The summed E-state index contributed by atoms with van der Waals surface area (Å²) in [7, 11) is 0. The Hall–Kier alpha value is -0.470. The fourth-order valence-corrected chi connectivity index (χ4v) is 2.02. The fraction of sp³-hybridized carbons (Fsp3) is 0.455. The van der Waals surface area contributed by atoms with Crippen molar-refractivity contribution in [2.45, 2.75) is 25.7 Å². The van der Waals surface area contributed by atoms with Gasteiger partial charge in [-0.1, -0.05) is 29.8 Å². The Balaban J connectivity index is 2.37. The minimum absolute atomic E-state index is 0.199. The van der Waals surface area contributed by atoms with Crippen LogP contribution in [0, 0.1) is 6.92 Å². The van der Waals surface area contributed by atoms with Gasteiger partial charge in [0.25, 0.3) is 0 Å². The molecule has 0 aliphatic carbocycles. The van der Waals surface area contributed by atoms with Gasteiger partial charge in [-0.05, 0) is 19.4 Å². The van der Waals surface area contributed by atoms with Gasteiger partial charge in [0, 0.05) is 11.5 Å². The summed E-state index contributed by atoms with van der Waals surface area (Å²) in [6.07, 6.45) is -0.199. The van der Waals surface area contributed by atoms with E-state index in [0.717, 1.165) is 11.5 Å². The highest BCUT2D eigenvalue weighted by atomic mass is 32.2. The molecule has 2 heteroatoms. The third kappa shape index (κ3) is 4.34. The quantitative estimate of drug-likeness (QED) is 0.798. The van der Waals surface area contributed by atoms with Crippen LogP contribution in [0.5, 0.6) is 0 Å². The fourth-order valence-electron chi connectivity index (χ4n) is 1.15. The molecular formula is C11H16OS. The van der Waals surface area contributed by atoms with Crippen LogP contribution in [-0.2, 0) is 5.75 Å². The highest BCUT2D eigenvalue weighted by Gasteiger charge is 1.97. The molecule has 72 valence electrons. The zero-order valence-electron chi connectivity index (χ0n) is 8.16. The molecule has 0 aromatic heterocycles. The van der Waals surface area contributed by atoms with Crippen molar-refractivity contribution in [2.75, 3.05) is 5.75 Å². The van der Waals surface area contributed by atoms with Gasteiger partial charge in [0.05, 0.1) is 6.10 Å². The van der Waals surface area contributed by atoms with Crippen molar-refractivity contribution in [3.63, 3.8) is 0 Å². The van der Waals surface area contributed by atoms with Crippen molar-refractivity contribution in [3.05, 3.63) is 35.4 Å². The standard InChI is InChI=1S/C11H16OS/c1-9-4-3-5-11(6-9)8-13-7-10(2)12/h3-6,10,12H,7-8H2,1-2H3. The third-order valence-electron chi connectivity index (χ3n) is 1.71. The van der Waals surface area contributed by atoms with E-state index in [1.165, 1.54) is 11.1 Å². The average Bonchev–Trinajstić information content (AvgIpc) is 2.03. The van der Waals surface area contributed by atoms with E-state index in [1.807, 2.05) is 6.92 Å². The van der Waals surface area contributed by atoms with Gasteiger partial charge >= 0.3 is 0 Å². The van der Waals surface area contributed by atoms with Gasteiger partial charge < -0.3 is 5.11 Å². The van der Waals surface area contributed by atoms with E-state index in [9.17, 15) is 0 Å². The normalized spacial score (nSPS) is 12.8. The number of hydrogen-bond donors (Lipinski definition) is 1. The molecule has 1 unspecified atom stereocenters. The maximum absolute atomic E-state index is 9.06. The van der Waals surface area contributed by atoms with Gasteiger partial charge in [-0.15, -0.1) is 0 Å². The minimum atomic E-state index is -0.199. The topological polar surface area (TPSA) is 20.2 Å². The van der Waals surface area contributed by atoms with Crippen LogP contribution in [0.1, 0.15) is 18.1 Å². The molecule has 0 radical (unpaired) electrons. The van der Waals surface area contributed by atoms with Crippen LogP contribution in [0.2, 0.25) is 0 Å². The Kier molecular flexibility index (Phi) is 4.33. The van der Waals surface area contributed by atoms with Crippen molar-refractivity contribution in [3.8, 4) is 0 Å². The third-order valence-corrected chi connectivity index (χ3v) is 2.97. The largest absolute Gasteiger partial charge is 0.393 e. The zero-order valence-corrected chi connectivity index (χ0v) is 8.97. The molecule has 0 fully saturated rings.